The van der Waals surface area contributed by atoms with Gasteiger partial charge in [0.05, 0.1) is 19.8 Å². The summed E-state index contributed by atoms with van der Waals surface area (Å²) in [7, 11) is 1.74. The van der Waals surface area contributed by atoms with Gasteiger partial charge in [0.2, 0.25) is 0 Å². The summed E-state index contributed by atoms with van der Waals surface area (Å²) in [5.41, 5.74) is 12.4. The summed E-state index contributed by atoms with van der Waals surface area (Å²) in [5, 5.41) is 14.0. The molecule has 3 atom stereocenters. The van der Waals surface area contributed by atoms with Crippen LogP contribution in [0.25, 0.3) is 32.7 Å². The van der Waals surface area contributed by atoms with Gasteiger partial charge in [0, 0.05) is 119 Å². The van der Waals surface area contributed by atoms with Gasteiger partial charge in [-0.05, 0) is 313 Å². The number of aromatic amines is 3. The fourth-order valence-electron chi connectivity index (χ4n) is 17.1. The highest BCUT2D eigenvalue weighted by Gasteiger charge is 2.40. The van der Waals surface area contributed by atoms with Crippen LogP contribution in [-0.2, 0) is 24.0 Å². The smallest absolute Gasteiger partial charge is 0.416 e. The summed E-state index contributed by atoms with van der Waals surface area (Å²) in [6, 6.07) is 61.7. The van der Waals surface area contributed by atoms with E-state index in [0.717, 1.165) is 148 Å². The molecule has 0 saturated carbocycles. The monoisotopic (exact) mass is 1820 g/mol. The Bertz CT molecular complexity index is 5500. The Balaban J connectivity index is 0.000000153. The normalized spacial score (nSPS) is 15.5. The Labute approximate surface area is 769 Å². The third-order valence-corrected chi connectivity index (χ3v) is 25.0. The van der Waals surface area contributed by atoms with Gasteiger partial charge < -0.3 is 63.6 Å². The Morgan fingerprint density at radius 2 is 0.667 bits per heavy atom. The summed E-state index contributed by atoms with van der Waals surface area (Å²) in [6.07, 6.45) is 18.4. The second kappa shape index (κ2) is 46.4. The lowest BCUT2D eigenvalue weighted by molar-refractivity contribution is 0.134. The first-order chi connectivity index (χ1) is 61.5. The molecule has 12 aromatic rings. The van der Waals surface area contributed by atoms with Crippen molar-refractivity contribution in [3.63, 3.8) is 0 Å². The Hall–Kier alpha value is -9.61. The number of nitrogens with zero attached hydrogens (tertiary/aromatic N) is 4. The number of rotatable bonds is 35. The molecule has 16 rings (SSSR count). The molecule has 0 bridgehead atoms. The maximum absolute atomic E-state index is 13.5. The molecule has 9 aromatic carbocycles. The maximum atomic E-state index is 13.5. The van der Waals surface area contributed by atoms with Crippen molar-refractivity contribution in [2.75, 3.05) is 92.4 Å². The first-order valence-corrected chi connectivity index (χ1v) is 46.7. The van der Waals surface area contributed by atoms with E-state index in [-0.39, 0.29) is 18.1 Å². The SMILES string of the molecule is CC(C)NCCCCCCOc1ccc(C2c3[nH]c4ccc(Cl)cc4c3CCN2C(=O)Oc2ccc(Cl)cc2)cc1.COCCCNCCCCCCOc1ccc(C2c3[nH]c4ccc(Cl)cc4c3CCN2C(=O)Oc2ccc(Cl)cc2)cc1.O=C(Oc1ccc(Cl)cc1)N1CCc2c([nH]c3ccc(Cl)cc23)C1c1ccc(OCCCCCCN2CCCC2)cc1. The molecule has 3 unspecified atom stereocenters. The highest BCUT2D eigenvalue weighted by molar-refractivity contribution is 6.32. The molecule has 3 aromatic heterocycles. The Kier molecular flexibility index (Phi) is 34.1. The van der Waals surface area contributed by atoms with Crippen LogP contribution in [0.2, 0.25) is 30.1 Å². The molecule has 0 radical (unpaired) electrons. The van der Waals surface area contributed by atoms with E-state index >= 15 is 0 Å². The summed E-state index contributed by atoms with van der Waals surface area (Å²) >= 11 is 37.1. The Morgan fingerprint density at radius 1 is 0.357 bits per heavy atom. The molecule has 0 aliphatic carbocycles. The number of hydrogen-bond donors (Lipinski definition) is 5. The number of ether oxygens (including phenoxy) is 7. The molecule has 4 aliphatic heterocycles. The number of halogens is 6. The minimum atomic E-state index is -0.417. The molecule has 5 N–H and O–H groups in total. The lowest BCUT2D eigenvalue weighted by Gasteiger charge is -2.35. The number of H-pyrrole nitrogens is 3. The second-order valence-corrected chi connectivity index (χ2v) is 35.5. The van der Waals surface area contributed by atoms with E-state index in [1.165, 1.54) is 94.1 Å². The summed E-state index contributed by atoms with van der Waals surface area (Å²) in [4.78, 5) is 59.2. The lowest BCUT2D eigenvalue weighted by Crippen LogP contribution is -2.42. The van der Waals surface area contributed by atoms with Gasteiger partial charge in [-0.25, -0.2) is 14.4 Å². The molecule has 7 heterocycles. The standard InChI is InChI=1S/C34H39Cl2N3O4.C34H37Cl2N3O3.C33H37Cl2N3O3/c1-41-21-6-19-37-18-4-2-3-5-22-42-27-12-7-24(8-13-27)33-32-29(30-23-26(36)11-16-31(30)38-32)17-20-39(33)34(40)43-28-14-9-25(35)10-15-28;35-25-9-14-28(15-10-25)42-34(40)39-21-17-29-30-23-26(36)11-16-31(30)37-32(29)33(39)24-7-12-27(13-8-24)41-22-6-2-1-3-18-38-19-4-5-20-38;1-22(2)36-18-5-3-4-6-20-40-26-12-7-23(8-13-26)32-31-28(29-21-25(35)11-16-30(29)37-31)17-19-38(32)33(39)41-27-14-9-24(34)10-15-27/h7-16,23,33,37-38H,2-6,17-22H2,1H3;7-16,23,33,37H,1-6,17-22H2;7-16,21-22,32,36-37H,3-6,17-20H2,1-2H3. The molecule has 126 heavy (non-hydrogen) atoms. The van der Waals surface area contributed by atoms with Gasteiger partial charge in [-0.15, -0.1) is 0 Å². The van der Waals surface area contributed by atoms with Gasteiger partial charge in [-0.1, -0.05) is 158 Å². The van der Waals surface area contributed by atoms with Crippen molar-refractivity contribution in [1.82, 2.24) is 45.2 Å². The zero-order valence-electron chi connectivity index (χ0n) is 71.9. The number of aromatic nitrogens is 3. The van der Waals surface area contributed by atoms with Crippen molar-refractivity contribution >= 4 is 121 Å². The first kappa shape index (κ1) is 92.6. The molecule has 3 amide bonds. The van der Waals surface area contributed by atoms with Gasteiger partial charge in [-0.2, -0.15) is 0 Å². The van der Waals surface area contributed by atoms with Gasteiger partial charge in [0.15, 0.2) is 0 Å². The van der Waals surface area contributed by atoms with Gasteiger partial charge in [0.25, 0.3) is 0 Å². The molecule has 19 nitrogen and oxygen atoms in total. The highest BCUT2D eigenvalue weighted by Crippen LogP contribution is 2.45. The Morgan fingerprint density at radius 3 is 1.01 bits per heavy atom. The van der Waals surface area contributed by atoms with Crippen LogP contribution < -0.4 is 39.1 Å². The number of hydrogen-bond acceptors (Lipinski definition) is 13. The predicted molar refractivity (Wildman–Crippen MR) is 509 cm³/mol. The molecule has 25 heteroatoms. The minimum Gasteiger partial charge on any atom is -0.494 e. The molecule has 1 saturated heterocycles. The summed E-state index contributed by atoms with van der Waals surface area (Å²) in [5.74, 6) is 3.84. The van der Waals surface area contributed by atoms with E-state index in [4.69, 9.17) is 103 Å². The topological polar surface area (TPSA) is 200 Å². The van der Waals surface area contributed by atoms with Crippen molar-refractivity contribution in [2.45, 2.75) is 154 Å². The number of unbranched alkanes of at least 4 members (excludes halogenated alkanes) is 9. The zero-order chi connectivity index (χ0) is 87.7. The largest absolute Gasteiger partial charge is 0.494 e. The van der Waals surface area contributed by atoms with Gasteiger partial charge >= 0.3 is 18.3 Å². The molecule has 1 fully saturated rings. The van der Waals surface area contributed by atoms with Crippen molar-refractivity contribution < 1.29 is 47.5 Å². The van der Waals surface area contributed by atoms with Gasteiger partial charge in [-0.3, -0.25) is 14.7 Å². The van der Waals surface area contributed by atoms with Crippen LogP contribution in [-0.4, -0.2) is 151 Å². The van der Waals surface area contributed by atoms with Crippen LogP contribution in [0.5, 0.6) is 34.5 Å². The van der Waals surface area contributed by atoms with Crippen LogP contribution >= 0.6 is 69.6 Å². The average Bonchev–Trinajstić information content (AvgIpc) is 1.60. The summed E-state index contributed by atoms with van der Waals surface area (Å²) in [6.45, 7) is 15.7. The third kappa shape index (κ3) is 25.2. The molecular weight excluding hydrogens is 1710 g/mol. The fourth-order valence-corrected chi connectivity index (χ4v) is 18.0. The van der Waals surface area contributed by atoms with Crippen LogP contribution in [0, 0.1) is 0 Å². The van der Waals surface area contributed by atoms with Crippen molar-refractivity contribution in [2.24, 2.45) is 0 Å². The molecular formula is C101H113Cl6N9O10. The van der Waals surface area contributed by atoms with E-state index in [1.54, 1.807) is 94.6 Å². The van der Waals surface area contributed by atoms with Crippen LogP contribution in [0.1, 0.15) is 179 Å². The third-order valence-electron chi connectivity index (χ3n) is 23.6. The predicted octanol–water partition coefficient (Wildman–Crippen LogP) is 25.4. The number of fused-ring (bicyclic) bond motifs is 9. The van der Waals surface area contributed by atoms with Crippen molar-refractivity contribution in [1.29, 1.82) is 0 Å². The number of amides is 3. The maximum Gasteiger partial charge on any atom is 0.416 e. The summed E-state index contributed by atoms with van der Waals surface area (Å²) < 4.78 is 40.5. The highest BCUT2D eigenvalue weighted by atomic mass is 35.5. The fraction of sp³-hybridized carbons (Fsp3) is 0.376. The minimum absolute atomic E-state index is 0.343. The van der Waals surface area contributed by atoms with Crippen molar-refractivity contribution in [3.05, 3.63) is 281 Å². The zero-order valence-corrected chi connectivity index (χ0v) is 76.5. The van der Waals surface area contributed by atoms with Crippen LogP contribution in [0.15, 0.2) is 200 Å². The number of carbonyl (C=O) groups excluding carboxylic acids is 3. The quantitative estimate of drug-likeness (QED) is 0.0235. The molecule has 664 valence electrons. The second-order valence-electron chi connectivity index (χ2n) is 32.9. The first-order valence-electron chi connectivity index (χ1n) is 44.4. The van der Waals surface area contributed by atoms with Crippen molar-refractivity contribution in [3.8, 4) is 34.5 Å². The van der Waals surface area contributed by atoms with Crippen LogP contribution in [0.4, 0.5) is 14.4 Å². The van der Waals surface area contributed by atoms with E-state index in [1.807, 2.05) is 127 Å². The number of likely N-dealkylation sites (tertiary alicyclic amines) is 1. The molecule has 4 aliphatic rings. The average molecular weight is 1830 g/mol. The number of benzene rings is 9. The lowest BCUT2D eigenvalue weighted by atomic mass is 9.92. The number of methoxy groups -OCH3 is 1. The van der Waals surface area contributed by atoms with E-state index < -0.39 is 18.3 Å². The van der Waals surface area contributed by atoms with E-state index in [0.29, 0.717) is 112 Å². The number of carbonyl (C=O) groups is 3. The van der Waals surface area contributed by atoms with Gasteiger partial charge in [0.1, 0.15) is 52.6 Å². The van der Waals surface area contributed by atoms with E-state index in [2.05, 4.69) is 44.3 Å². The van der Waals surface area contributed by atoms with E-state index in [9.17, 15) is 14.4 Å². The molecule has 0 spiro atoms. The van der Waals surface area contributed by atoms with Crippen LogP contribution in [0.3, 0.4) is 0 Å². The number of nitrogens with one attached hydrogen (secondary N) is 5.